The van der Waals surface area contributed by atoms with Crippen molar-refractivity contribution in [2.45, 2.75) is 26.6 Å². The molecular formula is C22H24N2OSi. The molecule has 0 N–H and O–H groups in total. The summed E-state index contributed by atoms with van der Waals surface area (Å²) in [6.45, 7) is 8.60. The minimum atomic E-state index is -1.74. The number of benzene rings is 2. The van der Waals surface area contributed by atoms with Crippen LogP contribution in [0.3, 0.4) is 0 Å². The normalized spacial score (nSPS) is 12.1. The first-order valence-corrected chi connectivity index (χ1v) is 12.2. The fourth-order valence-corrected chi connectivity index (χ4v) is 3.45. The fraction of sp³-hybridized carbons (Fsp3) is 0.182. The molecular weight excluding hydrogens is 336 g/mol. The number of hydrogen-bond acceptors (Lipinski definition) is 3. The molecule has 0 bridgehead atoms. The third-order valence-corrected chi connectivity index (χ3v) is 4.55. The van der Waals surface area contributed by atoms with Crippen LogP contribution in [0.2, 0.25) is 19.6 Å². The number of aromatic nitrogens is 1. The Morgan fingerprint density at radius 1 is 0.923 bits per heavy atom. The van der Waals surface area contributed by atoms with Gasteiger partial charge in [0.1, 0.15) is 11.4 Å². The summed E-state index contributed by atoms with van der Waals surface area (Å²) in [5.74, 6) is 0.833. The Kier molecular flexibility index (Phi) is 5.33. The van der Waals surface area contributed by atoms with Gasteiger partial charge in [0.05, 0.1) is 11.4 Å². The van der Waals surface area contributed by atoms with E-state index in [-0.39, 0.29) is 0 Å². The van der Waals surface area contributed by atoms with Crippen LogP contribution in [-0.2, 0) is 0 Å². The maximum Gasteiger partial charge on any atom is 0.242 e. The van der Waals surface area contributed by atoms with Crippen LogP contribution in [0.15, 0.2) is 77.9 Å². The van der Waals surface area contributed by atoms with Gasteiger partial charge in [0.25, 0.3) is 0 Å². The second-order valence-corrected chi connectivity index (χ2v) is 11.7. The van der Waals surface area contributed by atoms with Crippen LogP contribution < -0.4 is 4.43 Å². The van der Waals surface area contributed by atoms with Crippen LogP contribution in [0.25, 0.3) is 0 Å². The maximum absolute atomic E-state index is 6.27. The summed E-state index contributed by atoms with van der Waals surface area (Å²) in [7, 11) is -1.74. The molecule has 0 spiro atoms. The van der Waals surface area contributed by atoms with E-state index in [0.717, 1.165) is 34.0 Å². The third-order valence-electron chi connectivity index (χ3n) is 3.72. The SMILES string of the molecule is Cc1ccc(O[Si](C)(C)C)c(N=C(c2ccccc2)c2ccccn2)c1. The molecule has 26 heavy (non-hydrogen) atoms. The predicted molar refractivity (Wildman–Crippen MR) is 111 cm³/mol. The van der Waals surface area contributed by atoms with Gasteiger partial charge in [-0.15, -0.1) is 0 Å². The highest BCUT2D eigenvalue weighted by molar-refractivity contribution is 6.70. The van der Waals surface area contributed by atoms with Gasteiger partial charge < -0.3 is 4.43 Å². The lowest BCUT2D eigenvalue weighted by molar-refractivity contribution is 0.559. The quantitative estimate of drug-likeness (QED) is 0.427. The first kappa shape index (κ1) is 18.1. The molecule has 1 heterocycles. The summed E-state index contributed by atoms with van der Waals surface area (Å²) in [4.78, 5) is 9.51. The highest BCUT2D eigenvalue weighted by Gasteiger charge is 2.19. The molecule has 3 nitrogen and oxygen atoms in total. The third kappa shape index (κ3) is 4.67. The van der Waals surface area contributed by atoms with Crippen molar-refractivity contribution in [3.05, 3.63) is 89.7 Å². The molecule has 132 valence electrons. The second-order valence-electron chi connectivity index (χ2n) is 7.23. The Balaban J connectivity index is 2.16. The molecule has 0 atom stereocenters. The average molecular weight is 361 g/mol. The van der Waals surface area contributed by atoms with Crippen molar-refractivity contribution in [1.82, 2.24) is 4.98 Å². The lowest BCUT2D eigenvalue weighted by atomic mass is 10.1. The molecule has 1 aromatic heterocycles. The average Bonchev–Trinajstić information content (AvgIpc) is 2.62. The van der Waals surface area contributed by atoms with Crippen LogP contribution in [0, 0.1) is 6.92 Å². The summed E-state index contributed by atoms with van der Waals surface area (Å²) in [6.07, 6.45) is 1.80. The lowest BCUT2D eigenvalue weighted by Crippen LogP contribution is -2.29. The van der Waals surface area contributed by atoms with E-state index in [9.17, 15) is 0 Å². The molecule has 0 aliphatic carbocycles. The summed E-state index contributed by atoms with van der Waals surface area (Å²) >= 11 is 0. The highest BCUT2D eigenvalue weighted by Crippen LogP contribution is 2.32. The molecule has 2 aromatic carbocycles. The molecule has 0 saturated carbocycles. The van der Waals surface area contributed by atoms with E-state index in [0.29, 0.717) is 0 Å². The second kappa shape index (κ2) is 7.66. The number of nitrogens with zero attached hydrogens (tertiary/aromatic N) is 2. The van der Waals surface area contributed by atoms with Crippen molar-refractivity contribution in [3.63, 3.8) is 0 Å². The molecule has 3 aromatic rings. The fourth-order valence-electron chi connectivity index (χ4n) is 2.62. The molecule has 3 rings (SSSR count). The smallest absolute Gasteiger partial charge is 0.242 e. The van der Waals surface area contributed by atoms with Crippen LogP contribution in [0.4, 0.5) is 5.69 Å². The van der Waals surface area contributed by atoms with Crippen molar-refractivity contribution in [2.75, 3.05) is 0 Å². The van der Waals surface area contributed by atoms with Crippen LogP contribution >= 0.6 is 0 Å². The van der Waals surface area contributed by atoms with E-state index in [2.05, 4.69) is 55.8 Å². The predicted octanol–water partition coefficient (Wildman–Crippen LogP) is 5.77. The van der Waals surface area contributed by atoms with Crippen LogP contribution in [0.1, 0.15) is 16.8 Å². The van der Waals surface area contributed by atoms with Crippen molar-refractivity contribution in [3.8, 4) is 5.75 Å². The summed E-state index contributed by atoms with van der Waals surface area (Å²) < 4.78 is 6.27. The molecule has 0 saturated heterocycles. The minimum Gasteiger partial charge on any atom is -0.543 e. The summed E-state index contributed by atoms with van der Waals surface area (Å²) in [5, 5.41) is 0. The van der Waals surface area contributed by atoms with Gasteiger partial charge in [-0.1, -0.05) is 42.5 Å². The number of aliphatic imine (C=N–C) groups is 1. The molecule has 0 fully saturated rings. The molecule has 4 heteroatoms. The van der Waals surface area contributed by atoms with E-state index in [1.54, 1.807) is 6.20 Å². The van der Waals surface area contributed by atoms with Gasteiger partial charge in [0.15, 0.2) is 0 Å². The van der Waals surface area contributed by atoms with Crippen molar-refractivity contribution < 1.29 is 4.43 Å². The molecule has 0 aliphatic heterocycles. The van der Waals surface area contributed by atoms with Crippen LogP contribution in [0.5, 0.6) is 5.75 Å². The summed E-state index contributed by atoms with van der Waals surface area (Å²) in [5.41, 5.74) is 4.72. The number of rotatable bonds is 5. The Morgan fingerprint density at radius 2 is 1.65 bits per heavy atom. The van der Waals surface area contributed by atoms with Gasteiger partial charge in [-0.25, -0.2) is 4.99 Å². The van der Waals surface area contributed by atoms with Crippen LogP contribution in [-0.4, -0.2) is 19.0 Å². The minimum absolute atomic E-state index is 0.833. The Bertz CT molecular complexity index is 859. The zero-order valence-corrected chi connectivity index (χ0v) is 16.7. The van der Waals surface area contributed by atoms with Gasteiger partial charge in [-0.3, -0.25) is 4.98 Å². The van der Waals surface area contributed by atoms with Crippen molar-refractivity contribution in [1.29, 1.82) is 0 Å². The van der Waals surface area contributed by atoms with Crippen molar-refractivity contribution in [2.24, 2.45) is 4.99 Å². The monoisotopic (exact) mass is 360 g/mol. The molecule has 0 amide bonds. The first-order chi connectivity index (χ1) is 12.4. The zero-order chi connectivity index (χ0) is 18.6. The van der Waals surface area contributed by atoms with Gasteiger partial charge in [0, 0.05) is 11.8 Å². The van der Waals surface area contributed by atoms with Gasteiger partial charge >= 0.3 is 0 Å². The first-order valence-electron chi connectivity index (χ1n) is 8.77. The van der Waals surface area contributed by atoms with Crippen molar-refractivity contribution >= 4 is 19.7 Å². The Morgan fingerprint density at radius 3 is 2.31 bits per heavy atom. The largest absolute Gasteiger partial charge is 0.543 e. The summed E-state index contributed by atoms with van der Waals surface area (Å²) in [6, 6.07) is 22.2. The van der Waals surface area contributed by atoms with Gasteiger partial charge in [-0.2, -0.15) is 0 Å². The number of pyridine rings is 1. The van der Waals surface area contributed by atoms with E-state index in [1.165, 1.54) is 0 Å². The van der Waals surface area contributed by atoms with E-state index in [4.69, 9.17) is 9.42 Å². The Hall–Kier alpha value is -2.72. The van der Waals surface area contributed by atoms with E-state index in [1.807, 2.05) is 42.5 Å². The zero-order valence-electron chi connectivity index (χ0n) is 15.7. The standard InChI is InChI=1S/C22H24N2OSi/c1-17-13-14-21(25-26(2,3)4)20(16-17)24-22(18-10-6-5-7-11-18)19-12-8-9-15-23-19/h5-16H,1-4H3. The molecule has 0 unspecified atom stereocenters. The molecule has 0 aliphatic rings. The van der Waals surface area contributed by atoms with Gasteiger partial charge in [0.2, 0.25) is 8.32 Å². The maximum atomic E-state index is 6.27. The number of aryl methyl sites for hydroxylation is 1. The topological polar surface area (TPSA) is 34.5 Å². The lowest BCUT2D eigenvalue weighted by Gasteiger charge is -2.21. The Labute approximate surface area is 156 Å². The molecule has 0 radical (unpaired) electrons. The highest BCUT2D eigenvalue weighted by atomic mass is 28.4. The van der Waals surface area contributed by atoms with Gasteiger partial charge in [-0.05, 0) is 56.4 Å². The van der Waals surface area contributed by atoms with E-state index < -0.39 is 8.32 Å². The number of hydrogen-bond donors (Lipinski definition) is 0. The van der Waals surface area contributed by atoms with E-state index >= 15 is 0 Å².